The van der Waals surface area contributed by atoms with Crippen molar-refractivity contribution in [1.29, 1.82) is 0 Å². The van der Waals surface area contributed by atoms with Crippen LogP contribution in [-0.4, -0.2) is 27.6 Å². The van der Waals surface area contributed by atoms with Gasteiger partial charge in [0.05, 0.1) is 44.2 Å². The molecule has 194 valence electrons. The molecular weight excluding hydrogens is 558 g/mol. The zero-order valence-corrected chi connectivity index (χ0v) is 24.0. The summed E-state index contributed by atoms with van der Waals surface area (Å²) in [5, 5.41) is 10.6. The Kier molecular flexibility index (Phi) is 6.42. The second kappa shape index (κ2) is 9.77. The number of halogens is 1. The number of nitrogens with zero attached hydrogens (tertiary/aromatic N) is 3. The monoisotopic (exact) mass is 587 g/mol. The van der Waals surface area contributed by atoms with Gasteiger partial charge in [0.15, 0.2) is 0 Å². The molecule has 2 aromatic heterocycles. The standard InChI is InChI=1S/C29H30BrN7S/c1-5-17-13-31-26-21(25(17)32-15-29(2,3)4)11-18(12-22(26)30)34-27(24-14-37(36-35-24)19-9-10-19)20-7-6-8-23-28(20)38-16-33-23/h1,6-8,11-14,16,19,27,34-36H,9-10,15H2,2-4H3,(H,31,32)/t27-/m0/s1. The Balaban J connectivity index is 1.44. The van der Waals surface area contributed by atoms with Crippen LogP contribution in [0.25, 0.3) is 21.1 Å². The number of hydrazine groups is 2. The largest absolute Gasteiger partial charge is 0.383 e. The fraction of sp³-hybridized carbons (Fsp3) is 0.310. The minimum Gasteiger partial charge on any atom is -0.383 e. The molecule has 0 amide bonds. The molecule has 6 rings (SSSR count). The van der Waals surface area contributed by atoms with Crippen LogP contribution in [0, 0.1) is 17.8 Å². The number of hydrogen-bond donors (Lipinski definition) is 4. The number of benzene rings is 2. The zero-order chi connectivity index (χ0) is 26.4. The smallest absolute Gasteiger partial charge is 0.0958 e. The van der Waals surface area contributed by atoms with Gasteiger partial charge in [-0.05, 0) is 57.9 Å². The molecule has 9 heteroatoms. The van der Waals surface area contributed by atoms with Gasteiger partial charge in [0.25, 0.3) is 0 Å². The first-order valence-corrected chi connectivity index (χ1v) is 14.4. The van der Waals surface area contributed by atoms with E-state index in [4.69, 9.17) is 6.42 Å². The first kappa shape index (κ1) is 25.0. The molecule has 4 N–H and O–H groups in total. The molecule has 3 heterocycles. The van der Waals surface area contributed by atoms with Crippen molar-refractivity contribution in [3.8, 4) is 12.3 Å². The molecule has 0 saturated heterocycles. The van der Waals surface area contributed by atoms with Crippen LogP contribution in [0.3, 0.4) is 0 Å². The van der Waals surface area contributed by atoms with Gasteiger partial charge < -0.3 is 16.1 Å². The summed E-state index contributed by atoms with van der Waals surface area (Å²) in [7, 11) is 0. The highest BCUT2D eigenvalue weighted by atomic mass is 79.9. The maximum atomic E-state index is 5.89. The Morgan fingerprint density at radius 1 is 1.26 bits per heavy atom. The van der Waals surface area contributed by atoms with E-state index in [2.05, 4.69) is 116 Å². The third kappa shape index (κ3) is 4.92. The summed E-state index contributed by atoms with van der Waals surface area (Å²) in [4.78, 5) is 9.24. The summed E-state index contributed by atoms with van der Waals surface area (Å²) in [6, 6.07) is 10.9. The van der Waals surface area contributed by atoms with Gasteiger partial charge in [0, 0.05) is 40.5 Å². The lowest BCUT2D eigenvalue weighted by atomic mass is 9.96. The lowest BCUT2D eigenvalue weighted by Crippen LogP contribution is -2.38. The summed E-state index contributed by atoms with van der Waals surface area (Å²) in [6.45, 7) is 7.39. The second-order valence-corrected chi connectivity index (χ2v) is 12.8. The van der Waals surface area contributed by atoms with Crippen LogP contribution in [0.5, 0.6) is 0 Å². The molecule has 7 nitrogen and oxygen atoms in total. The van der Waals surface area contributed by atoms with Crippen LogP contribution in [0.1, 0.15) is 50.8 Å². The van der Waals surface area contributed by atoms with Gasteiger partial charge in [-0.15, -0.1) is 23.3 Å². The van der Waals surface area contributed by atoms with E-state index in [1.807, 2.05) is 5.51 Å². The lowest BCUT2D eigenvalue weighted by molar-refractivity contribution is 0.260. The number of fused-ring (bicyclic) bond motifs is 2. The van der Waals surface area contributed by atoms with Crippen molar-refractivity contribution in [2.24, 2.45) is 5.41 Å². The summed E-state index contributed by atoms with van der Waals surface area (Å²) in [6.07, 6.45) is 12.2. The molecule has 0 unspecified atom stereocenters. The van der Waals surface area contributed by atoms with Crippen molar-refractivity contribution in [3.63, 3.8) is 0 Å². The summed E-state index contributed by atoms with van der Waals surface area (Å²) in [5.74, 6) is 2.81. The number of pyridine rings is 1. The minimum absolute atomic E-state index is 0.0914. The molecular formula is C29H30BrN7S. The second-order valence-electron chi connectivity index (χ2n) is 11.0. The normalized spacial score (nSPS) is 16.3. The summed E-state index contributed by atoms with van der Waals surface area (Å²) in [5.41, 5.74) is 15.5. The van der Waals surface area contributed by atoms with Crippen molar-refractivity contribution in [2.75, 3.05) is 17.2 Å². The quantitative estimate of drug-likeness (QED) is 0.183. The van der Waals surface area contributed by atoms with E-state index < -0.39 is 0 Å². The first-order chi connectivity index (χ1) is 18.3. The number of hydrogen-bond acceptors (Lipinski definition) is 8. The van der Waals surface area contributed by atoms with Crippen LogP contribution in [-0.2, 0) is 0 Å². The molecule has 1 aliphatic carbocycles. The van der Waals surface area contributed by atoms with Crippen molar-refractivity contribution in [1.82, 2.24) is 25.9 Å². The molecule has 0 radical (unpaired) electrons. The number of anilines is 2. The minimum atomic E-state index is -0.130. The maximum absolute atomic E-state index is 5.89. The van der Waals surface area contributed by atoms with Crippen molar-refractivity contribution >= 4 is 59.8 Å². The zero-order valence-electron chi connectivity index (χ0n) is 21.6. The van der Waals surface area contributed by atoms with Crippen molar-refractivity contribution in [2.45, 2.75) is 45.7 Å². The van der Waals surface area contributed by atoms with Gasteiger partial charge in [0.2, 0.25) is 0 Å². The number of thiazole rings is 1. The Hall–Kier alpha value is -3.32. The molecule has 2 aliphatic rings. The highest BCUT2D eigenvalue weighted by Gasteiger charge is 2.33. The first-order valence-electron chi connectivity index (χ1n) is 12.7. The van der Waals surface area contributed by atoms with Gasteiger partial charge in [-0.3, -0.25) is 9.99 Å². The predicted octanol–water partition coefficient (Wildman–Crippen LogP) is 6.53. The van der Waals surface area contributed by atoms with Crippen LogP contribution in [0.15, 0.2) is 58.4 Å². The van der Waals surface area contributed by atoms with E-state index in [0.29, 0.717) is 6.04 Å². The van der Waals surface area contributed by atoms with Gasteiger partial charge in [-0.25, -0.2) is 4.98 Å². The molecule has 1 saturated carbocycles. The molecule has 0 spiro atoms. The van der Waals surface area contributed by atoms with Gasteiger partial charge in [0.1, 0.15) is 0 Å². The molecule has 1 atom stereocenters. The third-order valence-electron chi connectivity index (χ3n) is 6.74. The van der Waals surface area contributed by atoms with Gasteiger partial charge in [-0.2, -0.15) is 0 Å². The van der Waals surface area contributed by atoms with E-state index in [1.54, 1.807) is 17.5 Å². The average molecular weight is 589 g/mol. The maximum Gasteiger partial charge on any atom is 0.0958 e. The Morgan fingerprint density at radius 3 is 2.87 bits per heavy atom. The third-order valence-corrected chi connectivity index (χ3v) is 8.24. The fourth-order valence-corrected chi connectivity index (χ4v) is 6.06. The SMILES string of the molecule is C#Cc1cnc2c(Br)cc(N[C@H](C3=CN(C4CC4)NN3)c3cccc4ncsc34)cc2c1NCC(C)(C)C. The molecule has 2 aromatic carbocycles. The van der Waals surface area contributed by atoms with E-state index in [1.165, 1.54) is 23.1 Å². The Labute approximate surface area is 235 Å². The average Bonchev–Trinajstić information content (AvgIpc) is 3.41. The Bertz CT molecular complexity index is 1590. The van der Waals surface area contributed by atoms with E-state index in [0.717, 1.165) is 50.1 Å². The van der Waals surface area contributed by atoms with Crippen LogP contribution in [0.2, 0.25) is 0 Å². The summed E-state index contributed by atoms with van der Waals surface area (Å²) >= 11 is 5.44. The predicted molar refractivity (Wildman–Crippen MR) is 161 cm³/mol. The van der Waals surface area contributed by atoms with Crippen molar-refractivity contribution in [3.05, 3.63) is 69.5 Å². The van der Waals surface area contributed by atoms with Crippen LogP contribution >= 0.6 is 27.3 Å². The number of aromatic nitrogens is 2. The van der Waals surface area contributed by atoms with E-state index in [-0.39, 0.29) is 11.5 Å². The van der Waals surface area contributed by atoms with Crippen LogP contribution in [0.4, 0.5) is 11.4 Å². The van der Waals surface area contributed by atoms with Gasteiger partial charge >= 0.3 is 0 Å². The van der Waals surface area contributed by atoms with Crippen molar-refractivity contribution < 1.29 is 0 Å². The number of terminal acetylenes is 1. The Morgan fingerprint density at radius 2 is 2.11 bits per heavy atom. The lowest BCUT2D eigenvalue weighted by Gasteiger charge is -2.24. The highest BCUT2D eigenvalue weighted by molar-refractivity contribution is 9.10. The molecule has 38 heavy (non-hydrogen) atoms. The molecule has 1 aliphatic heterocycles. The van der Waals surface area contributed by atoms with E-state index >= 15 is 0 Å². The summed E-state index contributed by atoms with van der Waals surface area (Å²) < 4.78 is 2.07. The fourth-order valence-electron chi connectivity index (χ4n) is 4.66. The molecule has 0 bridgehead atoms. The van der Waals surface area contributed by atoms with E-state index in [9.17, 15) is 0 Å². The molecule has 4 aromatic rings. The number of nitrogens with one attached hydrogen (secondary N) is 4. The van der Waals surface area contributed by atoms with Gasteiger partial charge in [-0.1, -0.05) is 38.8 Å². The molecule has 1 fully saturated rings. The number of rotatable bonds is 7. The topological polar surface area (TPSA) is 77.1 Å². The van der Waals surface area contributed by atoms with Crippen LogP contribution < -0.4 is 21.6 Å². The highest BCUT2D eigenvalue weighted by Crippen LogP contribution is 2.39.